The lowest BCUT2D eigenvalue weighted by molar-refractivity contribution is -0.134. The predicted octanol–water partition coefficient (Wildman–Crippen LogP) is 3.73. The molecule has 0 spiro atoms. The second kappa shape index (κ2) is 5.53. The van der Waals surface area contributed by atoms with Gasteiger partial charge in [0.2, 0.25) is 0 Å². The molecule has 2 rings (SSSR count). The smallest absolute Gasteiger partial charge is 0.173 e. The van der Waals surface area contributed by atoms with Crippen LogP contribution in [0.3, 0.4) is 0 Å². The van der Waals surface area contributed by atoms with Crippen LogP contribution in [0.5, 0.6) is 0 Å². The minimum Gasteiger partial charge on any atom is -0.354 e. The van der Waals surface area contributed by atoms with Crippen LogP contribution in [0.25, 0.3) is 0 Å². The fraction of sp³-hybridized carbons (Fsp3) is 0.867. The molecule has 0 bridgehead atoms. The van der Waals surface area contributed by atoms with Gasteiger partial charge in [-0.3, -0.25) is 0 Å². The Hall–Kier alpha value is -0.0400. The van der Waals surface area contributed by atoms with E-state index in [9.17, 15) is 0 Å². The molecule has 2 saturated carbocycles. The summed E-state index contributed by atoms with van der Waals surface area (Å²) in [5.41, 5.74) is 0.442. The second-order valence-corrected chi connectivity index (χ2v) is 7.67. The van der Waals surface area contributed by atoms with Crippen LogP contribution >= 0.6 is 15.9 Å². The van der Waals surface area contributed by atoms with Crippen molar-refractivity contribution in [1.29, 1.82) is 0 Å². The highest BCUT2D eigenvalue weighted by atomic mass is 79.9. The predicted molar refractivity (Wildman–Crippen MR) is 76.5 cm³/mol. The van der Waals surface area contributed by atoms with Crippen molar-refractivity contribution in [3.63, 3.8) is 0 Å². The van der Waals surface area contributed by atoms with E-state index in [0.29, 0.717) is 12.0 Å². The van der Waals surface area contributed by atoms with E-state index in [0.717, 1.165) is 18.8 Å². The van der Waals surface area contributed by atoms with Gasteiger partial charge in [-0.2, -0.15) is 0 Å². The molecule has 0 radical (unpaired) electrons. The third-order valence-electron chi connectivity index (χ3n) is 4.77. The zero-order chi connectivity index (χ0) is 13.2. The van der Waals surface area contributed by atoms with Gasteiger partial charge in [-0.05, 0) is 37.0 Å². The zero-order valence-corrected chi connectivity index (χ0v) is 13.0. The fourth-order valence-corrected chi connectivity index (χ4v) is 5.29. The number of halogens is 1. The van der Waals surface area contributed by atoms with Crippen LogP contribution in [0.15, 0.2) is 0 Å². The summed E-state index contributed by atoms with van der Waals surface area (Å²) in [6, 6.07) is 0. The molecule has 18 heavy (non-hydrogen) atoms. The van der Waals surface area contributed by atoms with Gasteiger partial charge in [0, 0.05) is 7.11 Å². The molecule has 0 aromatic rings. The fourth-order valence-electron chi connectivity index (χ4n) is 3.94. The van der Waals surface area contributed by atoms with E-state index in [1.165, 1.54) is 25.7 Å². The van der Waals surface area contributed by atoms with Crippen molar-refractivity contribution < 1.29 is 9.47 Å². The minimum absolute atomic E-state index is 0.0671. The Kier molecular flexibility index (Phi) is 4.41. The zero-order valence-electron chi connectivity index (χ0n) is 11.4. The van der Waals surface area contributed by atoms with Crippen LogP contribution in [0, 0.1) is 23.7 Å². The van der Waals surface area contributed by atoms with Crippen LogP contribution in [-0.4, -0.2) is 24.3 Å². The number of ether oxygens (including phenoxy) is 2. The largest absolute Gasteiger partial charge is 0.354 e. The van der Waals surface area contributed by atoms with Gasteiger partial charge in [-0.15, -0.1) is 6.42 Å². The Morgan fingerprint density at radius 1 is 1.50 bits per heavy atom. The Bertz CT molecular complexity index is 338. The lowest BCUT2D eigenvalue weighted by Gasteiger charge is -2.36. The number of hydrogen-bond acceptors (Lipinski definition) is 2. The summed E-state index contributed by atoms with van der Waals surface area (Å²) in [5, 5.41) is 0. The van der Waals surface area contributed by atoms with Crippen molar-refractivity contribution in [2.75, 3.05) is 13.7 Å². The van der Waals surface area contributed by atoms with E-state index in [2.05, 4.69) is 28.8 Å². The van der Waals surface area contributed by atoms with E-state index in [1.807, 2.05) is 0 Å². The highest BCUT2D eigenvalue weighted by molar-refractivity contribution is 9.10. The molecule has 0 amide bonds. The number of hydrogen-bond donors (Lipinski definition) is 0. The van der Waals surface area contributed by atoms with E-state index >= 15 is 0 Å². The molecule has 0 aromatic heterocycles. The van der Waals surface area contributed by atoms with Crippen LogP contribution in [0.1, 0.15) is 45.4 Å². The molecule has 2 nitrogen and oxygen atoms in total. The van der Waals surface area contributed by atoms with Crippen molar-refractivity contribution in [2.24, 2.45) is 11.3 Å². The molecule has 0 aromatic carbocycles. The quantitative estimate of drug-likeness (QED) is 0.447. The summed E-state index contributed by atoms with van der Waals surface area (Å²) in [5.74, 6) is 3.31. The molecular weight excluding hydrogens is 292 g/mol. The van der Waals surface area contributed by atoms with Crippen molar-refractivity contribution in [3.05, 3.63) is 0 Å². The summed E-state index contributed by atoms with van der Waals surface area (Å²) in [4.78, 5) is 0. The monoisotopic (exact) mass is 314 g/mol. The molecule has 2 aliphatic rings. The molecule has 0 aliphatic heterocycles. The van der Waals surface area contributed by atoms with Crippen LogP contribution in [0.2, 0.25) is 0 Å². The average Bonchev–Trinajstić information content (AvgIpc) is 2.61. The van der Waals surface area contributed by atoms with Crippen molar-refractivity contribution >= 4 is 15.9 Å². The maximum Gasteiger partial charge on any atom is 0.173 e. The van der Waals surface area contributed by atoms with E-state index in [1.54, 1.807) is 7.11 Å². The number of rotatable bonds is 4. The van der Waals surface area contributed by atoms with Gasteiger partial charge in [0.1, 0.15) is 6.61 Å². The second-order valence-electron chi connectivity index (χ2n) is 6.10. The summed E-state index contributed by atoms with van der Waals surface area (Å²) < 4.78 is 11.1. The molecule has 102 valence electrons. The first-order valence-corrected chi connectivity index (χ1v) is 7.60. The molecule has 2 aliphatic carbocycles. The first kappa shape index (κ1) is 14.4. The van der Waals surface area contributed by atoms with Gasteiger partial charge in [-0.25, -0.2) is 0 Å². The SMILES string of the molecule is C#CCOC(OC)C1(Br)C[C@H]2CCCC[C@@]2(C)C1. The summed E-state index contributed by atoms with van der Waals surface area (Å²) in [6.07, 6.45) is 12.7. The third kappa shape index (κ3) is 2.61. The highest BCUT2D eigenvalue weighted by Crippen LogP contribution is 2.60. The Balaban J connectivity index is 2.10. The lowest BCUT2D eigenvalue weighted by atomic mass is 9.70. The van der Waals surface area contributed by atoms with Crippen molar-refractivity contribution in [3.8, 4) is 12.3 Å². The number of alkyl halides is 1. The molecule has 4 atom stereocenters. The minimum atomic E-state index is -0.240. The van der Waals surface area contributed by atoms with Gasteiger partial charge in [0.15, 0.2) is 6.29 Å². The highest BCUT2D eigenvalue weighted by Gasteiger charge is 2.55. The molecule has 0 heterocycles. The first-order valence-electron chi connectivity index (χ1n) is 6.81. The van der Waals surface area contributed by atoms with Crippen LogP contribution in [0.4, 0.5) is 0 Å². The molecule has 3 heteroatoms. The summed E-state index contributed by atoms with van der Waals surface area (Å²) in [7, 11) is 1.70. The molecule has 2 unspecified atom stereocenters. The Morgan fingerprint density at radius 2 is 2.28 bits per heavy atom. The van der Waals surface area contributed by atoms with Crippen molar-refractivity contribution in [2.45, 2.75) is 56.1 Å². The van der Waals surface area contributed by atoms with Gasteiger partial charge >= 0.3 is 0 Å². The van der Waals surface area contributed by atoms with E-state index < -0.39 is 0 Å². The number of fused-ring (bicyclic) bond motifs is 1. The van der Waals surface area contributed by atoms with Crippen LogP contribution < -0.4 is 0 Å². The lowest BCUT2D eigenvalue weighted by Crippen LogP contribution is -2.38. The average molecular weight is 315 g/mol. The number of methoxy groups -OCH3 is 1. The summed E-state index contributed by atoms with van der Waals surface area (Å²) >= 11 is 3.91. The van der Waals surface area contributed by atoms with Crippen LogP contribution in [-0.2, 0) is 9.47 Å². The third-order valence-corrected chi connectivity index (χ3v) is 5.75. The van der Waals surface area contributed by atoms with Gasteiger partial charge < -0.3 is 9.47 Å². The van der Waals surface area contributed by atoms with Gasteiger partial charge in [-0.1, -0.05) is 41.6 Å². The summed E-state index contributed by atoms with van der Waals surface area (Å²) in [6.45, 7) is 2.74. The first-order chi connectivity index (χ1) is 8.54. The normalized spacial score (nSPS) is 41.1. The molecule has 0 saturated heterocycles. The topological polar surface area (TPSA) is 18.5 Å². The standard InChI is InChI=1S/C15H23BrO2/c1-4-9-18-13(17-3)15(16)10-12-7-5-6-8-14(12,2)11-15/h1,12-13H,5-11H2,2-3H3/t12-,13?,14+,15?/m1/s1. The Morgan fingerprint density at radius 3 is 2.89 bits per heavy atom. The van der Waals surface area contributed by atoms with Gasteiger partial charge in [0.25, 0.3) is 0 Å². The maximum absolute atomic E-state index is 5.67. The molecular formula is C15H23BrO2. The van der Waals surface area contributed by atoms with E-state index in [4.69, 9.17) is 15.9 Å². The molecule has 2 fully saturated rings. The van der Waals surface area contributed by atoms with Crippen molar-refractivity contribution in [1.82, 2.24) is 0 Å². The Labute approximate surface area is 119 Å². The maximum atomic E-state index is 5.67. The number of terminal acetylenes is 1. The molecule has 0 N–H and O–H groups in total. The van der Waals surface area contributed by atoms with Gasteiger partial charge in [0.05, 0.1) is 4.32 Å². The van der Waals surface area contributed by atoms with E-state index in [-0.39, 0.29) is 10.6 Å².